The van der Waals surface area contributed by atoms with Crippen molar-refractivity contribution in [2.24, 2.45) is 23.7 Å². The van der Waals surface area contributed by atoms with Crippen LogP contribution < -0.4 is 5.32 Å². The van der Waals surface area contributed by atoms with E-state index >= 15 is 0 Å². The van der Waals surface area contributed by atoms with Gasteiger partial charge < -0.3 is 10.2 Å². The summed E-state index contributed by atoms with van der Waals surface area (Å²) in [5, 5.41) is 3.29. The van der Waals surface area contributed by atoms with E-state index in [4.69, 9.17) is 0 Å². The molecule has 1 amide bonds. The van der Waals surface area contributed by atoms with Gasteiger partial charge in [-0.25, -0.2) is 0 Å². The molecule has 3 nitrogen and oxygen atoms in total. The van der Waals surface area contributed by atoms with Crippen molar-refractivity contribution in [3.05, 3.63) is 0 Å². The molecular weight excluding hydrogens is 308 g/mol. The molecule has 4 fully saturated rings. The van der Waals surface area contributed by atoms with Gasteiger partial charge in [-0.2, -0.15) is 0 Å². The van der Waals surface area contributed by atoms with E-state index in [2.05, 4.69) is 10.2 Å². The highest BCUT2D eigenvalue weighted by Crippen LogP contribution is 2.37. The van der Waals surface area contributed by atoms with Gasteiger partial charge in [-0.05, 0) is 75.9 Å². The number of amides is 1. The largest absolute Gasteiger partial charge is 0.353 e. The Morgan fingerprint density at radius 1 is 0.840 bits per heavy atom. The van der Waals surface area contributed by atoms with Crippen LogP contribution in [0.4, 0.5) is 0 Å². The molecule has 0 bridgehead atoms. The van der Waals surface area contributed by atoms with Crippen LogP contribution in [0.5, 0.6) is 0 Å². The SMILES string of the molecule is O=C1NC2CCCCC2C1CCN1CCC(CC2CCCCC2)CC1. The van der Waals surface area contributed by atoms with Gasteiger partial charge in [0.1, 0.15) is 0 Å². The summed E-state index contributed by atoms with van der Waals surface area (Å²) < 4.78 is 0. The van der Waals surface area contributed by atoms with Crippen LogP contribution in [0.2, 0.25) is 0 Å². The molecule has 0 spiro atoms. The van der Waals surface area contributed by atoms with Gasteiger partial charge in [-0.15, -0.1) is 0 Å². The van der Waals surface area contributed by atoms with E-state index in [0.717, 1.165) is 24.8 Å². The third-order valence-corrected chi connectivity index (χ3v) is 7.86. The van der Waals surface area contributed by atoms with E-state index in [0.29, 0.717) is 23.8 Å². The maximum absolute atomic E-state index is 12.4. The Balaban J connectivity index is 1.18. The Morgan fingerprint density at radius 3 is 2.32 bits per heavy atom. The molecule has 2 saturated carbocycles. The monoisotopic (exact) mass is 346 g/mol. The van der Waals surface area contributed by atoms with E-state index < -0.39 is 0 Å². The zero-order chi connectivity index (χ0) is 17.1. The Hall–Kier alpha value is -0.570. The molecule has 2 aliphatic heterocycles. The van der Waals surface area contributed by atoms with Crippen LogP contribution >= 0.6 is 0 Å². The molecule has 2 heterocycles. The van der Waals surface area contributed by atoms with Gasteiger partial charge in [0.15, 0.2) is 0 Å². The molecule has 0 aromatic heterocycles. The van der Waals surface area contributed by atoms with Crippen molar-refractivity contribution < 1.29 is 4.79 Å². The molecule has 1 N–H and O–H groups in total. The number of rotatable bonds is 5. The van der Waals surface area contributed by atoms with Crippen LogP contribution in [0.3, 0.4) is 0 Å². The van der Waals surface area contributed by atoms with Crippen molar-refractivity contribution in [3.8, 4) is 0 Å². The molecule has 3 unspecified atom stereocenters. The lowest BCUT2D eigenvalue weighted by Crippen LogP contribution is -2.37. The Bertz CT molecular complexity index is 437. The van der Waals surface area contributed by atoms with Crippen LogP contribution in [0, 0.1) is 23.7 Å². The second kappa shape index (κ2) is 8.41. The normalized spacial score (nSPS) is 35.5. The van der Waals surface area contributed by atoms with Crippen LogP contribution in [0.1, 0.15) is 83.5 Å². The molecule has 0 aromatic carbocycles. The minimum Gasteiger partial charge on any atom is -0.353 e. The lowest BCUT2D eigenvalue weighted by atomic mass is 9.78. The summed E-state index contributed by atoms with van der Waals surface area (Å²) >= 11 is 0. The first kappa shape index (κ1) is 17.8. The lowest BCUT2D eigenvalue weighted by molar-refractivity contribution is -0.123. The summed E-state index contributed by atoms with van der Waals surface area (Å²) in [6.45, 7) is 3.71. The molecule has 142 valence electrons. The zero-order valence-corrected chi connectivity index (χ0v) is 16.1. The minimum atomic E-state index is 0.310. The van der Waals surface area contributed by atoms with E-state index in [1.54, 1.807) is 0 Å². The fourth-order valence-electron chi connectivity index (χ4n) is 6.31. The molecule has 0 radical (unpaired) electrons. The number of nitrogens with one attached hydrogen (secondary N) is 1. The van der Waals surface area contributed by atoms with E-state index in [-0.39, 0.29) is 0 Å². The van der Waals surface area contributed by atoms with Crippen LogP contribution in [0.15, 0.2) is 0 Å². The number of nitrogens with zero attached hydrogens (tertiary/aromatic N) is 1. The van der Waals surface area contributed by atoms with Crippen LogP contribution in [0.25, 0.3) is 0 Å². The first-order valence-corrected chi connectivity index (χ1v) is 11.3. The predicted molar refractivity (Wildman–Crippen MR) is 102 cm³/mol. The van der Waals surface area contributed by atoms with Crippen molar-refractivity contribution in [1.29, 1.82) is 0 Å². The predicted octanol–water partition coefficient (Wildman–Crippen LogP) is 4.36. The van der Waals surface area contributed by atoms with Gasteiger partial charge in [0.05, 0.1) is 0 Å². The fraction of sp³-hybridized carbons (Fsp3) is 0.955. The maximum Gasteiger partial charge on any atom is 0.223 e. The lowest BCUT2D eigenvalue weighted by Gasteiger charge is -2.35. The number of carbonyl (C=O) groups is 1. The van der Waals surface area contributed by atoms with E-state index in [1.165, 1.54) is 90.1 Å². The van der Waals surface area contributed by atoms with E-state index in [1.807, 2.05) is 0 Å². The first-order valence-electron chi connectivity index (χ1n) is 11.3. The summed E-state index contributed by atoms with van der Waals surface area (Å²) in [6, 6.07) is 0.507. The highest BCUT2D eigenvalue weighted by Gasteiger charge is 2.42. The van der Waals surface area contributed by atoms with Gasteiger partial charge >= 0.3 is 0 Å². The standard InChI is InChI=1S/C22H38N2O/c25-22-20(19-8-4-5-9-21(19)23-22)12-15-24-13-10-18(11-14-24)16-17-6-2-1-3-7-17/h17-21H,1-16H2,(H,23,25). The highest BCUT2D eigenvalue weighted by molar-refractivity contribution is 5.81. The molecule has 2 saturated heterocycles. The van der Waals surface area contributed by atoms with Gasteiger partial charge in [0.25, 0.3) is 0 Å². The molecule has 3 heteroatoms. The third kappa shape index (κ3) is 4.40. The smallest absolute Gasteiger partial charge is 0.223 e. The maximum atomic E-state index is 12.4. The number of likely N-dealkylation sites (tertiary alicyclic amines) is 1. The third-order valence-electron chi connectivity index (χ3n) is 7.86. The quantitative estimate of drug-likeness (QED) is 0.802. The van der Waals surface area contributed by atoms with Crippen molar-refractivity contribution in [2.45, 2.75) is 89.5 Å². The average Bonchev–Trinajstić information content (AvgIpc) is 2.97. The van der Waals surface area contributed by atoms with Crippen molar-refractivity contribution in [1.82, 2.24) is 10.2 Å². The fourth-order valence-corrected chi connectivity index (χ4v) is 6.31. The molecular formula is C22H38N2O. The number of fused-ring (bicyclic) bond motifs is 1. The van der Waals surface area contributed by atoms with Gasteiger partial charge in [0, 0.05) is 12.0 Å². The Morgan fingerprint density at radius 2 is 1.52 bits per heavy atom. The number of hydrogen-bond donors (Lipinski definition) is 1. The van der Waals surface area contributed by atoms with Gasteiger partial charge in [0.2, 0.25) is 5.91 Å². The van der Waals surface area contributed by atoms with Gasteiger partial charge in [-0.3, -0.25) is 4.79 Å². The summed E-state index contributed by atoms with van der Waals surface area (Å²) in [6.07, 6.45) is 18.0. The number of piperidine rings is 1. The molecule has 3 atom stereocenters. The molecule has 0 aromatic rings. The summed E-state index contributed by atoms with van der Waals surface area (Å²) in [7, 11) is 0. The number of hydrogen-bond acceptors (Lipinski definition) is 2. The van der Waals surface area contributed by atoms with Crippen molar-refractivity contribution in [2.75, 3.05) is 19.6 Å². The van der Waals surface area contributed by atoms with Crippen molar-refractivity contribution >= 4 is 5.91 Å². The topological polar surface area (TPSA) is 32.3 Å². The molecule has 4 aliphatic rings. The average molecular weight is 347 g/mol. The molecule has 2 aliphatic carbocycles. The molecule has 25 heavy (non-hydrogen) atoms. The first-order chi connectivity index (χ1) is 12.3. The van der Waals surface area contributed by atoms with E-state index in [9.17, 15) is 4.79 Å². The minimum absolute atomic E-state index is 0.310. The van der Waals surface area contributed by atoms with Crippen LogP contribution in [-0.4, -0.2) is 36.5 Å². The Labute approximate surface area is 154 Å². The highest BCUT2D eigenvalue weighted by atomic mass is 16.2. The summed E-state index contributed by atoms with van der Waals surface area (Å²) in [4.78, 5) is 15.0. The summed E-state index contributed by atoms with van der Waals surface area (Å²) in [5.74, 6) is 3.34. The second-order valence-electron chi connectivity index (χ2n) is 9.48. The molecule has 4 rings (SSSR count). The zero-order valence-electron chi connectivity index (χ0n) is 16.1. The summed E-state index contributed by atoms with van der Waals surface area (Å²) in [5.41, 5.74) is 0. The van der Waals surface area contributed by atoms with Gasteiger partial charge in [-0.1, -0.05) is 44.9 Å². The second-order valence-corrected chi connectivity index (χ2v) is 9.48. The van der Waals surface area contributed by atoms with Crippen molar-refractivity contribution in [3.63, 3.8) is 0 Å². The Kier molecular flexibility index (Phi) is 6.00. The van der Waals surface area contributed by atoms with Crippen LogP contribution in [-0.2, 0) is 4.79 Å². The number of carbonyl (C=O) groups excluding carboxylic acids is 1.